The zero-order valence-electron chi connectivity index (χ0n) is 13.3. The standard InChI is InChI=1S/C16H22O6/c1-5-9(3)11-7-8-12(15(17)21-19)14(16(18)22-20)13(11)10(4)6-2/h7-10,19-20H,5-6H2,1-4H3. The van der Waals surface area contributed by atoms with Crippen LogP contribution < -0.4 is 0 Å². The van der Waals surface area contributed by atoms with Crippen LogP contribution in [-0.2, 0) is 9.78 Å². The van der Waals surface area contributed by atoms with Crippen LogP contribution in [0.5, 0.6) is 0 Å². The molecule has 2 atom stereocenters. The number of hydrogen-bond donors (Lipinski definition) is 2. The average Bonchev–Trinajstić information content (AvgIpc) is 2.57. The summed E-state index contributed by atoms with van der Waals surface area (Å²) in [4.78, 5) is 31.3. The van der Waals surface area contributed by atoms with Crippen molar-refractivity contribution in [2.45, 2.75) is 52.4 Å². The van der Waals surface area contributed by atoms with Crippen molar-refractivity contribution in [3.63, 3.8) is 0 Å². The molecule has 0 bridgehead atoms. The molecule has 6 heteroatoms. The minimum atomic E-state index is -1.07. The summed E-state index contributed by atoms with van der Waals surface area (Å²) in [6.45, 7) is 7.91. The summed E-state index contributed by atoms with van der Waals surface area (Å²) in [6, 6.07) is 3.15. The molecule has 22 heavy (non-hydrogen) atoms. The minimum absolute atomic E-state index is 0.0375. The predicted octanol–water partition coefficient (Wildman–Crippen LogP) is 3.97. The molecule has 0 fully saturated rings. The molecule has 1 aromatic rings. The fourth-order valence-corrected chi connectivity index (χ4v) is 2.51. The zero-order chi connectivity index (χ0) is 16.9. The molecule has 0 amide bonds. The molecule has 0 saturated heterocycles. The van der Waals surface area contributed by atoms with E-state index in [2.05, 4.69) is 9.78 Å². The lowest BCUT2D eigenvalue weighted by Gasteiger charge is -2.23. The van der Waals surface area contributed by atoms with Gasteiger partial charge in [-0.25, -0.2) is 9.59 Å². The predicted molar refractivity (Wildman–Crippen MR) is 79.9 cm³/mol. The topological polar surface area (TPSA) is 93.1 Å². The Morgan fingerprint density at radius 1 is 1.00 bits per heavy atom. The van der Waals surface area contributed by atoms with Gasteiger partial charge in [-0.3, -0.25) is 9.78 Å². The summed E-state index contributed by atoms with van der Waals surface area (Å²) < 4.78 is 0. The molecule has 122 valence electrons. The largest absolute Gasteiger partial charge is 0.373 e. The second-order valence-electron chi connectivity index (χ2n) is 5.37. The fourth-order valence-electron chi connectivity index (χ4n) is 2.51. The van der Waals surface area contributed by atoms with E-state index in [-0.39, 0.29) is 23.0 Å². The van der Waals surface area contributed by atoms with Gasteiger partial charge in [0.05, 0.1) is 11.1 Å². The molecular formula is C16H22O6. The van der Waals surface area contributed by atoms with E-state index in [0.29, 0.717) is 5.56 Å². The Hall–Kier alpha value is -1.92. The van der Waals surface area contributed by atoms with Gasteiger partial charge in [-0.05, 0) is 41.9 Å². The zero-order valence-corrected chi connectivity index (χ0v) is 13.3. The molecule has 0 aliphatic rings. The molecule has 0 spiro atoms. The van der Waals surface area contributed by atoms with Crippen LogP contribution in [0.4, 0.5) is 0 Å². The van der Waals surface area contributed by atoms with Gasteiger partial charge in [0, 0.05) is 0 Å². The molecule has 0 heterocycles. The second kappa shape index (κ2) is 7.91. The van der Waals surface area contributed by atoms with Crippen molar-refractivity contribution in [3.8, 4) is 0 Å². The Kier molecular flexibility index (Phi) is 6.52. The van der Waals surface area contributed by atoms with Gasteiger partial charge in [0.2, 0.25) is 0 Å². The van der Waals surface area contributed by atoms with Crippen molar-refractivity contribution in [2.75, 3.05) is 0 Å². The van der Waals surface area contributed by atoms with E-state index < -0.39 is 11.9 Å². The van der Waals surface area contributed by atoms with Crippen LogP contribution in [-0.4, -0.2) is 22.5 Å². The molecule has 6 nitrogen and oxygen atoms in total. The molecule has 0 aliphatic heterocycles. The molecule has 0 saturated carbocycles. The van der Waals surface area contributed by atoms with E-state index in [9.17, 15) is 9.59 Å². The van der Waals surface area contributed by atoms with Crippen molar-refractivity contribution in [3.05, 3.63) is 34.4 Å². The summed E-state index contributed by atoms with van der Waals surface area (Å²) in [7, 11) is 0. The molecule has 1 rings (SSSR count). The first kappa shape index (κ1) is 18.1. The maximum Gasteiger partial charge on any atom is 0.373 e. The summed E-state index contributed by atoms with van der Waals surface area (Å²) in [5, 5.41) is 17.4. The number of rotatable bonds is 6. The summed E-state index contributed by atoms with van der Waals surface area (Å²) >= 11 is 0. The van der Waals surface area contributed by atoms with Gasteiger partial charge in [0.1, 0.15) is 0 Å². The Labute approximate surface area is 129 Å². The average molecular weight is 310 g/mol. The lowest BCUT2D eigenvalue weighted by atomic mass is 9.81. The van der Waals surface area contributed by atoms with Gasteiger partial charge in [0.25, 0.3) is 0 Å². The maximum atomic E-state index is 12.0. The molecule has 2 N–H and O–H groups in total. The fraction of sp³-hybridized carbons (Fsp3) is 0.500. The molecule has 0 aliphatic carbocycles. The first-order valence-electron chi connectivity index (χ1n) is 7.31. The van der Waals surface area contributed by atoms with Gasteiger partial charge in [-0.15, -0.1) is 0 Å². The number of carbonyl (C=O) groups excluding carboxylic acids is 2. The van der Waals surface area contributed by atoms with Gasteiger partial charge < -0.3 is 0 Å². The van der Waals surface area contributed by atoms with E-state index in [0.717, 1.165) is 18.4 Å². The monoisotopic (exact) mass is 310 g/mol. The van der Waals surface area contributed by atoms with Gasteiger partial charge in [0.15, 0.2) is 0 Å². The van der Waals surface area contributed by atoms with Crippen LogP contribution in [0, 0.1) is 0 Å². The number of hydrogen-bond acceptors (Lipinski definition) is 6. The van der Waals surface area contributed by atoms with Gasteiger partial charge in [-0.2, -0.15) is 10.5 Å². The van der Waals surface area contributed by atoms with Crippen molar-refractivity contribution >= 4 is 11.9 Å². The Balaban J connectivity index is 3.73. The number of carbonyl (C=O) groups is 2. The highest BCUT2D eigenvalue weighted by Crippen LogP contribution is 2.35. The molecule has 2 unspecified atom stereocenters. The molecule has 0 radical (unpaired) electrons. The van der Waals surface area contributed by atoms with Crippen molar-refractivity contribution in [2.24, 2.45) is 0 Å². The van der Waals surface area contributed by atoms with Crippen LogP contribution in [0.25, 0.3) is 0 Å². The third-order valence-electron chi connectivity index (χ3n) is 4.12. The van der Waals surface area contributed by atoms with E-state index in [4.69, 9.17) is 10.5 Å². The minimum Gasteiger partial charge on any atom is -0.295 e. The Bertz CT molecular complexity index is 552. The van der Waals surface area contributed by atoms with E-state index in [1.165, 1.54) is 6.07 Å². The van der Waals surface area contributed by atoms with Crippen LogP contribution in [0.3, 0.4) is 0 Å². The van der Waals surface area contributed by atoms with Crippen LogP contribution in [0.15, 0.2) is 12.1 Å². The van der Waals surface area contributed by atoms with Crippen LogP contribution >= 0.6 is 0 Å². The smallest absolute Gasteiger partial charge is 0.295 e. The van der Waals surface area contributed by atoms with Crippen molar-refractivity contribution in [1.82, 2.24) is 0 Å². The lowest BCUT2D eigenvalue weighted by Crippen LogP contribution is -2.18. The highest BCUT2D eigenvalue weighted by atomic mass is 17.1. The highest BCUT2D eigenvalue weighted by molar-refractivity contribution is 6.04. The normalized spacial score (nSPS) is 13.4. The summed E-state index contributed by atoms with van der Waals surface area (Å²) in [5.41, 5.74) is 1.35. The summed E-state index contributed by atoms with van der Waals surface area (Å²) in [6.07, 6.45) is 1.58. The molecular weight excluding hydrogens is 288 g/mol. The highest BCUT2D eigenvalue weighted by Gasteiger charge is 2.29. The van der Waals surface area contributed by atoms with Gasteiger partial charge in [-0.1, -0.05) is 33.8 Å². The van der Waals surface area contributed by atoms with Crippen LogP contribution in [0.2, 0.25) is 0 Å². The van der Waals surface area contributed by atoms with E-state index in [1.807, 2.05) is 27.7 Å². The third kappa shape index (κ3) is 3.45. The second-order valence-corrected chi connectivity index (χ2v) is 5.37. The Morgan fingerprint density at radius 2 is 1.55 bits per heavy atom. The quantitative estimate of drug-likeness (QED) is 0.610. The molecule has 1 aromatic carbocycles. The van der Waals surface area contributed by atoms with Crippen molar-refractivity contribution < 1.29 is 29.9 Å². The molecule has 0 aromatic heterocycles. The maximum absolute atomic E-state index is 12.0. The first-order chi connectivity index (χ1) is 10.4. The lowest BCUT2D eigenvalue weighted by molar-refractivity contribution is -0.185. The Morgan fingerprint density at radius 3 is 2.00 bits per heavy atom. The van der Waals surface area contributed by atoms with E-state index in [1.54, 1.807) is 6.07 Å². The van der Waals surface area contributed by atoms with E-state index >= 15 is 0 Å². The number of benzene rings is 1. The van der Waals surface area contributed by atoms with Crippen LogP contribution in [0.1, 0.15) is 84.2 Å². The summed E-state index contributed by atoms with van der Waals surface area (Å²) in [5.74, 6) is -1.99. The SMILES string of the molecule is CCC(C)c1ccc(C(=O)OO)c(C(=O)OO)c1C(C)CC. The van der Waals surface area contributed by atoms with Crippen molar-refractivity contribution in [1.29, 1.82) is 0 Å². The third-order valence-corrected chi connectivity index (χ3v) is 4.12. The van der Waals surface area contributed by atoms with Gasteiger partial charge >= 0.3 is 11.9 Å². The first-order valence-corrected chi connectivity index (χ1v) is 7.31.